The van der Waals surface area contributed by atoms with Crippen LogP contribution < -0.4 is 4.90 Å². The summed E-state index contributed by atoms with van der Waals surface area (Å²) < 4.78 is 5.07. The molecule has 1 saturated heterocycles. The molecule has 1 aliphatic heterocycles. The summed E-state index contributed by atoms with van der Waals surface area (Å²) in [7, 11) is 1.74. The van der Waals surface area contributed by atoms with Crippen molar-refractivity contribution in [2.75, 3.05) is 51.3 Å². The number of aldehydes is 1. The molecular formula is C14H21N3O2. The number of pyridine rings is 1. The Morgan fingerprint density at radius 2 is 2.16 bits per heavy atom. The van der Waals surface area contributed by atoms with Gasteiger partial charge in [0.15, 0.2) is 6.29 Å². The van der Waals surface area contributed by atoms with E-state index < -0.39 is 0 Å². The van der Waals surface area contributed by atoms with Crippen LogP contribution in [0.2, 0.25) is 0 Å². The number of piperazine rings is 1. The Morgan fingerprint density at radius 1 is 1.37 bits per heavy atom. The normalized spacial score (nSPS) is 16.6. The van der Waals surface area contributed by atoms with Gasteiger partial charge in [0.05, 0.1) is 5.56 Å². The summed E-state index contributed by atoms with van der Waals surface area (Å²) in [4.78, 5) is 20.0. The number of carbonyl (C=O) groups excluding carboxylic acids is 1. The smallest absolute Gasteiger partial charge is 0.153 e. The molecule has 0 saturated carbocycles. The Morgan fingerprint density at radius 3 is 2.84 bits per heavy atom. The van der Waals surface area contributed by atoms with E-state index in [-0.39, 0.29) is 0 Å². The minimum Gasteiger partial charge on any atom is -0.385 e. The van der Waals surface area contributed by atoms with Crippen LogP contribution in [-0.2, 0) is 4.74 Å². The molecule has 5 nitrogen and oxygen atoms in total. The second-order valence-electron chi connectivity index (χ2n) is 4.71. The van der Waals surface area contributed by atoms with E-state index in [1.165, 1.54) is 0 Å². The highest BCUT2D eigenvalue weighted by molar-refractivity contribution is 5.82. The van der Waals surface area contributed by atoms with E-state index >= 15 is 0 Å². The van der Waals surface area contributed by atoms with Crippen LogP contribution in [0.1, 0.15) is 16.8 Å². The molecule has 0 radical (unpaired) electrons. The highest BCUT2D eigenvalue weighted by Gasteiger charge is 2.19. The molecule has 1 aromatic rings. The maximum Gasteiger partial charge on any atom is 0.153 e. The van der Waals surface area contributed by atoms with Gasteiger partial charge >= 0.3 is 0 Å². The van der Waals surface area contributed by atoms with Crippen LogP contribution >= 0.6 is 0 Å². The molecule has 0 aromatic carbocycles. The number of nitrogens with zero attached hydrogens (tertiary/aromatic N) is 3. The topological polar surface area (TPSA) is 45.7 Å². The van der Waals surface area contributed by atoms with Gasteiger partial charge in [-0.05, 0) is 18.6 Å². The van der Waals surface area contributed by atoms with Gasteiger partial charge in [-0.2, -0.15) is 0 Å². The lowest BCUT2D eigenvalue weighted by Gasteiger charge is -2.35. The maximum atomic E-state index is 11.0. The average Bonchev–Trinajstić information content (AvgIpc) is 2.48. The van der Waals surface area contributed by atoms with Crippen LogP contribution in [0.25, 0.3) is 0 Å². The number of ether oxygens (including phenoxy) is 1. The van der Waals surface area contributed by atoms with Crippen LogP contribution in [0.3, 0.4) is 0 Å². The third-order valence-electron chi connectivity index (χ3n) is 3.44. The SMILES string of the molecule is COCCCN1CCN(c2ncccc2C=O)CC1. The molecule has 0 atom stereocenters. The number of aromatic nitrogens is 1. The Labute approximate surface area is 114 Å². The van der Waals surface area contributed by atoms with Crippen LogP contribution in [-0.4, -0.2) is 62.6 Å². The molecule has 0 spiro atoms. The van der Waals surface area contributed by atoms with Crippen molar-refractivity contribution in [1.29, 1.82) is 0 Å². The van der Waals surface area contributed by atoms with E-state index in [1.54, 1.807) is 19.4 Å². The van der Waals surface area contributed by atoms with Crippen molar-refractivity contribution in [3.63, 3.8) is 0 Å². The highest BCUT2D eigenvalue weighted by Crippen LogP contribution is 2.17. The molecule has 104 valence electrons. The zero-order valence-electron chi connectivity index (χ0n) is 11.4. The lowest BCUT2D eigenvalue weighted by Crippen LogP contribution is -2.47. The van der Waals surface area contributed by atoms with Crippen LogP contribution in [0, 0.1) is 0 Å². The molecule has 0 unspecified atom stereocenters. The summed E-state index contributed by atoms with van der Waals surface area (Å²) in [6, 6.07) is 3.62. The number of carbonyl (C=O) groups is 1. The number of hydrogen-bond acceptors (Lipinski definition) is 5. The van der Waals surface area contributed by atoms with Crippen molar-refractivity contribution in [2.45, 2.75) is 6.42 Å². The van der Waals surface area contributed by atoms with E-state index in [9.17, 15) is 4.79 Å². The first kappa shape index (κ1) is 14.0. The van der Waals surface area contributed by atoms with E-state index in [1.807, 2.05) is 6.07 Å². The lowest BCUT2D eigenvalue weighted by atomic mass is 10.2. The zero-order chi connectivity index (χ0) is 13.5. The van der Waals surface area contributed by atoms with Crippen molar-refractivity contribution >= 4 is 12.1 Å². The second kappa shape index (κ2) is 7.21. The number of rotatable bonds is 6. The first-order valence-electron chi connectivity index (χ1n) is 6.71. The van der Waals surface area contributed by atoms with Crippen molar-refractivity contribution in [3.8, 4) is 0 Å². The predicted molar refractivity (Wildman–Crippen MR) is 74.8 cm³/mol. The van der Waals surface area contributed by atoms with E-state index in [2.05, 4.69) is 14.8 Å². The van der Waals surface area contributed by atoms with Gasteiger partial charge in [-0.1, -0.05) is 0 Å². The van der Waals surface area contributed by atoms with Crippen molar-refractivity contribution in [3.05, 3.63) is 23.9 Å². The molecule has 0 aliphatic carbocycles. The third kappa shape index (κ3) is 3.75. The standard InChI is InChI=1S/C14H21N3O2/c1-19-11-3-6-16-7-9-17(10-8-16)14-13(12-18)4-2-5-15-14/h2,4-5,12H,3,6-11H2,1H3. The summed E-state index contributed by atoms with van der Waals surface area (Å²) in [5.41, 5.74) is 0.676. The summed E-state index contributed by atoms with van der Waals surface area (Å²) >= 11 is 0. The number of anilines is 1. The van der Waals surface area contributed by atoms with Crippen molar-refractivity contribution in [2.24, 2.45) is 0 Å². The molecule has 2 heterocycles. The van der Waals surface area contributed by atoms with Gasteiger partial charge in [-0.15, -0.1) is 0 Å². The number of hydrogen-bond donors (Lipinski definition) is 0. The fourth-order valence-electron chi connectivity index (χ4n) is 2.38. The lowest BCUT2D eigenvalue weighted by molar-refractivity contribution is 0.112. The molecule has 1 fully saturated rings. The Bertz CT molecular complexity index is 403. The zero-order valence-corrected chi connectivity index (χ0v) is 11.4. The molecule has 5 heteroatoms. The fraction of sp³-hybridized carbons (Fsp3) is 0.571. The van der Waals surface area contributed by atoms with Gasteiger partial charge < -0.3 is 9.64 Å². The summed E-state index contributed by atoms with van der Waals surface area (Å²) in [5, 5.41) is 0. The van der Waals surface area contributed by atoms with Crippen molar-refractivity contribution < 1.29 is 9.53 Å². The molecule has 19 heavy (non-hydrogen) atoms. The maximum absolute atomic E-state index is 11.0. The van der Waals surface area contributed by atoms with Crippen LogP contribution in [0.15, 0.2) is 18.3 Å². The Kier molecular flexibility index (Phi) is 5.30. The van der Waals surface area contributed by atoms with Gasteiger partial charge in [-0.25, -0.2) is 4.98 Å². The Hall–Kier alpha value is -1.46. The minimum absolute atomic E-state index is 0.676. The van der Waals surface area contributed by atoms with E-state index in [0.717, 1.165) is 57.9 Å². The van der Waals surface area contributed by atoms with Crippen molar-refractivity contribution in [1.82, 2.24) is 9.88 Å². The van der Waals surface area contributed by atoms with Gasteiger partial charge in [0.25, 0.3) is 0 Å². The predicted octanol–water partition coefficient (Wildman–Crippen LogP) is 1.05. The monoisotopic (exact) mass is 263 g/mol. The van der Waals surface area contributed by atoms with Crippen LogP contribution in [0.5, 0.6) is 0 Å². The van der Waals surface area contributed by atoms with Gasteiger partial charge in [-0.3, -0.25) is 9.69 Å². The summed E-state index contributed by atoms with van der Waals surface area (Å²) in [5.74, 6) is 0.814. The molecule has 1 aliphatic rings. The van der Waals surface area contributed by atoms with Crippen LogP contribution in [0.4, 0.5) is 5.82 Å². The molecule has 0 bridgehead atoms. The molecule has 2 rings (SSSR count). The highest BCUT2D eigenvalue weighted by atomic mass is 16.5. The fourth-order valence-corrected chi connectivity index (χ4v) is 2.38. The summed E-state index contributed by atoms with van der Waals surface area (Å²) in [6.45, 7) is 5.76. The second-order valence-corrected chi connectivity index (χ2v) is 4.71. The summed E-state index contributed by atoms with van der Waals surface area (Å²) in [6.07, 6.45) is 3.69. The van der Waals surface area contributed by atoms with E-state index in [0.29, 0.717) is 5.56 Å². The molecule has 0 amide bonds. The minimum atomic E-state index is 0.676. The Balaban J connectivity index is 1.87. The first-order valence-corrected chi connectivity index (χ1v) is 6.71. The van der Waals surface area contributed by atoms with Gasteiger partial charge in [0.2, 0.25) is 0 Å². The van der Waals surface area contributed by atoms with E-state index in [4.69, 9.17) is 4.74 Å². The quantitative estimate of drug-likeness (QED) is 0.567. The number of methoxy groups -OCH3 is 1. The van der Waals surface area contributed by atoms with Gasteiger partial charge in [0.1, 0.15) is 5.82 Å². The van der Waals surface area contributed by atoms with Gasteiger partial charge in [0, 0.05) is 52.6 Å². The largest absolute Gasteiger partial charge is 0.385 e. The third-order valence-corrected chi connectivity index (χ3v) is 3.44. The molecule has 0 N–H and O–H groups in total. The average molecular weight is 263 g/mol. The first-order chi connectivity index (χ1) is 9.35. The molecular weight excluding hydrogens is 242 g/mol. The molecule has 1 aromatic heterocycles.